The number of ketones is 4. The zero-order valence-electron chi connectivity index (χ0n) is 19.4. The van der Waals surface area contributed by atoms with Gasteiger partial charge >= 0.3 is 0 Å². The number of phenolic OH excluding ortho intramolecular Hbond substituents is 3. The minimum Gasteiger partial charge on any atom is -0.507 e. The Morgan fingerprint density at radius 3 is 1.71 bits per heavy atom. The molecule has 0 aliphatic heterocycles. The van der Waals surface area contributed by atoms with Crippen LogP contribution in [0.5, 0.6) is 17.2 Å². The molecule has 0 spiro atoms. The molecule has 1 aliphatic carbocycles. The SMILES string of the molecule is CC(C)C(=O)c1c(O)cc(O)c(C(C(C)C)C2C(=O)C(C)(C)C(=O)C(C)(C)C2=O)c1O. The van der Waals surface area contributed by atoms with Crippen LogP contribution in [0.3, 0.4) is 0 Å². The smallest absolute Gasteiger partial charge is 0.172 e. The Bertz CT molecular complexity index is 937. The van der Waals surface area contributed by atoms with Crippen LogP contribution in [0.4, 0.5) is 0 Å². The van der Waals surface area contributed by atoms with Crippen molar-refractivity contribution in [1.29, 1.82) is 0 Å². The van der Waals surface area contributed by atoms with Crippen LogP contribution in [0, 0.1) is 28.6 Å². The molecule has 31 heavy (non-hydrogen) atoms. The van der Waals surface area contributed by atoms with Crippen molar-refractivity contribution in [2.75, 3.05) is 0 Å². The van der Waals surface area contributed by atoms with E-state index in [-0.39, 0.29) is 11.1 Å². The van der Waals surface area contributed by atoms with Gasteiger partial charge in [-0.3, -0.25) is 19.2 Å². The van der Waals surface area contributed by atoms with Crippen molar-refractivity contribution in [3.8, 4) is 17.2 Å². The highest BCUT2D eigenvalue weighted by molar-refractivity contribution is 6.28. The molecule has 0 heterocycles. The Labute approximate surface area is 182 Å². The summed E-state index contributed by atoms with van der Waals surface area (Å²) in [6.07, 6.45) is 0. The van der Waals surface area contributed by atoms with Crippen LogP contribution in [-0.4, -0.2) is 38.5 Å². The summed E-state index contributed by atoms with van der Waals surface area (Å²) in [6, 6.07) is 0.944. The Balaban J connectivity index is 2.85. The summed E-state index contributed by atoms with van der Waals surface area (Å²) in [5, 5.41) is 31.8. The van der Waals surface area contributed by atoms with Crippen LogP contribution in [0.15, 0.2) is 6.07 Å². The van der Waals surface area contributed by atoms with E-state index in [2.05, 4.69) is 0 Å². The second kappa shape index (κ2) is 7.77. The van der Waals surface area contributed by atoms with Crippen molar-refractivity contribution < 1.29 is 34.5 Å². The molecule has 1 atom stereocenters. The van der Waals surface area contributed by atoms with Gasteiger partial charge in [-0.25, -0.2) is 0 Å². The van der Waals surface area contributed by atoms with Crippen LogP contribution >= 0.6 is 0 Å². The molecule has 0 amide bonds. The normalized spacial score (nSPS) is 19.9. The van der Waals surface area contributed by atoms with E-state index < -0.39 is 74.9 Å². The van der Waals surface area contributed by atoms with Crippen molar-refractivity contribution >= 4 is 23.1 Å². The first-order valence-electron chi connectivity index (χ1n) is 10.4. The van der Waals surface area contributed by atoms with Crippen molar-refractivity contribution in [1.82, 2.24) is 0 Å². The quantitative estimate of drug-likeness (QED) is 0.477. The van der Waals surface area contributed by atoms with E-state index in [1.165, 1.54) is 27.7 Å². The third kappa shape index (κ3) is 3.64. The van der Waals surface area contributed by atoms with Crippen molar-refractivity contribution in [3.05, 3.63) is 17.2 Å². The van der Waals surface area contributed by atoms with Gasteiger partial charge in [0.15, 0.2) is 23.1 Å². The molecule has 170 valence electrons. The minimum atomic E-state index is -1.44. The van der Waals surface area contributed by atoms with E-state index >= 15 is 0 Å². The van der Waals surface area contributed by atoms with Crippen molar-refractivity contribution in [3.63, 3.8) is 0 Å². The summed E-state index contributed by atoms with van der Waals surface area (Å²) in [6.45, 7) is 12.5. The number of hydrogen-bond donors (Lipinski definition) is 3. The molecule has 2 rings (SSSR count). The molecule has 3 N–H and O–H groups in total. The molecule has 7 nitrogen and oxygen atoms in total. The summed E-state index contributed by atoms with van der Waals surface area (Å²) < 4.78 is 0. The van der Waals surface area contributed by atoms with E-state index in [0.29, 0.717) is 0 Å². The van der Waals surface area contributed by atoms with Gasteiger partial charge in [-0.15, -0.1) is 0 Å². The van der Waals surface area contributed by atoms with Crippen molar-refractivity contribution in [2.45, 2.75) is 61.3 Å². The van der Waals surface area contributed by atoms with Gasteiger partial charge in [0, 0.05) is 23.5 Å². The summed E-state index contributed by atoms with van der Waals surface area (Å²) >= 11 is 0. The maximum absolute atomic E-state index is 13.4. The van der Waals surface area contributed by atoms with Gasteiger partial charge in [0.1, 0.15) is 22.8 Å². The lowest BCUT2D eigenvalue weighted by Gasteiger charge is -2.44. The monoisotopic (exact) mass is 432 g/mol. The first kappa shape index (κ1) is 24.6. The van der Waals surface area contributed by atoms with Crippen molar-refractivity contribution in [2.24, 2.45) is 28.6 Å². The Morgan fingerprint density at radius 2 is 1.32 bits per heavy atom. The highest BCUT2D eigenvalue weighted by Gasteiger charge is 2.60. The molecule has 0 aromatic heterocycles. The fourth-order valence-electron chi connectivity index (χ4n) is 4.63. The summed E-state index contributed by atoms with van der Waals surface area (Å²) in [7, 11) is 0. The van der Waals surface area contributed by atoms with Gasteiger partial charge in [-0.2, -0.15) is 0 Å². The molecular formula is C24H32O7. The molecule has 7 heteroatoms. The van der Waals surface area contributed by atoms with Crippen LogP contribution in [0.1, 0.15) is 77.2 Å². The molecule has 0 radical (unpaired) electrons. The fourth-order valence-corrected chi connectivity index (χ4v) is 4.63. The first-order valence-corrected chi connectivity index (χ1v) is 10.4. The molecule has 0 bridgehead atoms. The maximum Gasteiger partial charge on any atom is 0.172 e. The van der Waals surface area contributed by atoms with E-state index in [1.54, 1.807) is 27.7 Å². The van der Waals surface area contributed by atoms with Crippen LogP contribution in [0.25, 0.3) is 0 Å². The van der Waals surface area contributed by atoms with Crippen LogP contribution < -0.4 is 0 Å². The fraction of sp³-hybridized carbons (Fsp3) is 0.583. The Kier molecular flexibility index (Phi) is 6.16. The molecule has 0 saturated heterocycles. The van der Waals surface area contributed by atoms with Gasteiger partial charge in [0.25, 0.3) is 0 Å². The second-order valence-electron chi connectivity index (χ2n) is 10.1. The number of phenols is 3. The second-order valence-corrected chi connectivity index (χ2v) is 10.1. The highest BCUT2D eigenvalue weighted by Crippen LogP contribution is 2.52. The molecule has 1 aromatic carbocycles. The average Bonchev–Trinajstić information content (AvgIpc) is 2.64. The molecule has 1 fully saturated rings. The largest absolute Gasteiger partial charge is 0.507 e. The van der Waals surface area contributed by atoms with E-state index in [0.717, 1.165) is 6.07 Å². The molecule has 1 saturated carbocycles. The molecular weight excluding hydrogens is 400 g/mol. The third-order valence-corrected chi connectivity index (χ3v) is 6.41. The predicted molar refractivity (Wildman–Crippen MR) is 114 cm³/mol. The number of Topliss-reactive ketones (excluding diaryl/α,β-unsaturated/α-hetero) is 4. The third-order valence-electron chi connectivity index (χ3n) is 6.41. The molecule has 1 aromatic rings. The predicted octanol–water partition coefficient (Wildman–Crippen LogP) is 3.77. The Hall–Kier alpha value is -2.70. The number of benzene rings is 1. The average molecular weight is 433 g/mol. The zero-order valence-corrected chi connectivity index (χ0v) is 19.4. The van der Waals surface area contributed by atoms with Gasteiger partial charge < -0.3 is 15.3 Å². The highest BCUT2D eigenvalue weighted by atomic mass is 16.3. The summed E-state index contributed by atoms with van der Waals surface area (Å²) in [4.78, 5) is 52.2. The molecule has 1 aliphatic rings. The lowest BCUT2D eigenvalue weighted by Crippen LogP contribution is -2.59. The van der Waals surface area contributed by atoms with Crippen LogP contribution in [-0.2, 0) is 14.4 Å². The number of carbonyl (C=O) groups is 4. The van der Waals surface area contributed by atoms with E-state index in [4.69, 9.17) is 0 Å². The maximum atomic E-state index is 13.4. The number of hydrogen-bond acceptors (Lipinski definition) is 7. The lowest BCUT2D eigenvalue weighted by atomic mass is 9.54. The van der Waals surface area contributed by atoms with Gasteiger partial charge in [0.2, 0.25) is 0 Å². The van der Waals surface area contributed by atoms with E-state index in [1.807, 2.05) is 0 Å². The van der Waals surface area contributed by atoms with E-state index in [9.17, 15) is 34.5 Å². The van der Waals surface area contributed by atoms with Crippen LogP contribution in [0.2, 0.25) is 0 Å². The Morgan fingerprint density at radius 1 is 0.871 bits per heavy atom. The van der Waals surface area contributed by atoms with Gasteiger partial charge in [0.05, 0.1) is 16.7 Å². The summed E-state index contributed by atoms with van der Waals surface area (Å²) in [5.74, 6) is -7.28. The lowest BCUT2D eigenvalue weighted by molar-refractivity contribution is -0.161. The molecule has 1 unspecified atom stereocenters. The summed E-state index contributed by atoms with van der Waals surface area (Å²) in [5.41, 5.74) is -3.38. The number of carbonyl (C=O) groups excluding carboxylic acids is 4. The topological polar surface area (TPSA) is 129 Å². The minimum absolute atomic E-state index is 0.149. The zero-order chi connectivity index (χ0) is 24.2. The standard InChI is InChI=1S/C24H32O7/c1-10(2)14(17-20(29)23(5,6)22(31)24(7,8)21(17)30)15-12(25)9-13(26)16(19(15)28)18(27)11(3)4/h9-11,14,17,25-26,28H,1-8H3. The van der Waals surface area contributed by atoms with Gasteiger partial charge in [-0.1, -0.05) is 27.7 Å². The number of rotatable bonds is 5. The van der Waals surface area contributed by atoms with Gasteiger partial charge in [-0.05, 0) is 33.6 Å². The number of aromatic hydroxyl groups is 3. The first-order chi connectivity index (χ1) is 14.0.